The standard InChI is InChI=1S/C15H18INO2/c1-4-17-14(8-7-13(16)15(17)18)12-6-5-11(19-3)9-10(12)2/h5-6,8-9,13H,4,7H2,1-3H3. The molecule has 0 radical (unpaired) electrons. The van der Waals surface area contributed by atoms with Crippen molar-refractivity contribution in [2.45, 2.75) is 24.2 Å². The number of hydrogen-bond donors (Lipinski definition) is 0. The maximum atomic E-state index is 12.2. The van der Waals surface area contributed by atoms with Crippen molar-refractivity contribution in [2.24, 2.45) is 0 Å². The molecule has 0 aromatic heterocycles. The Morgan fingerprint density at radius 2 is 2.21 bits per heavy atom. The Bertz CT molecular complexity index is 525. The lowest BCUT2D eigenvalue weighted by Gasteiger charge is -2.31. The lowest BCUT2D eigenvalue weighted by molar-refractivity contribution is -0.127. The summed E-state index contributed by atoms with van der Waals surface area (Å²) < 4.78 is 5.28. The zero-order valence-electron chi connectivity index (χ0n) is 11.4. The van der Waals surface area contributed by atoms with E-state index < -0.39 is 0 Å². The highest BCUT2D eigenvalue weighted by Gasteiger charge is 2.28. The molecule has 2 rings (SSSR count). The first-order chi connectivity index (χ1) is 9.08. The van der Waals surface area contributed by atoms with Gasteiger partial charge < -0.3 is 9.64 Å². The third-order valence-electron chi connectivity index (χ3n) is 3.37. The largest absolute Gasteiger partial charge is 0.497 e. The fourth-order valence-corrected chi connectivity index (χ4v) is 2.94. The Labute approximate surface area is 127 Å². The third-order valence-corrected chi connectivity index (χ3v) is 4.41. The number of nitrogens with zero attached hydrogens (tertiary/aromatic N) is 1. The Morgan fingerprint density at radius 3 is 2.79 bits per heavy atom. The Hall–Kier alpha value is -1.04. The smallest absolute Gasteiger partial charge is 0.240 e. The van der Waals surface area contributed by atoms with E-state index >= 15 is 0 Å². The molecule has 0 N–H and O–H groups in total. The molecule has 1 atom stereocenters. The van der Waals surface area contributed by atoms with Crippen LogP contribution in [0.1, 0.15) is 24.5 Å². The Kier molecular flexibility index (Phi) is 4.50. The maximum absolute atomic E-state index is 12.2. The van der Waals surface area contributed by atoms with E-state index in [0.717, 1.165) is 29.0 Å². The third kappa shape index (κ3) is 2.78. The summed E-state index contributed by atoms with van der Waals surface area (Å²) in [5, 5.41) is 0. The Morgan fingerprint density at radius 1 is 1.47 bits per heavy atom. The van der Waals surface area contributed by atoms with Crippen LogP contribution in [0.2, 0.25) is 0 Å². The second-order valence-electron chi connectivity index (χ2n) is 4.56. The minimum atomic E-state index is 0.0554. The van der Waals surface area contributed by atoms with Crippen LogP contribution >= 0.6 is 22.6 Å². The molecule has 1 heterocycles. The normalized spacial score (nSPS) is 19.4. The van der Waals surface area contributed by atoms with Gasteiger partial charge in [-0.25, -0.2) is 0 Å². The van der Waals surface area contributed by atoms with Crippen molar-refractivity contribution >= 4 is 34.2 Å². The van der Waals surface area contributed by atoms with Crippen LogP contribution in [0.3, 0.4) is 0 Å². The molecule has 1 aliphatic rings. The first kappa shape index (κ1) is 14.4. The van der Waals surface area contributed by atoms with Crippen LogP contribution in [0.15, 0.2) is 24.3 Å². The Balaban J connectivity index is 2.42. The molecule has 0 saturated heterocycles. The minimum Gasteiger partial charge on any atom is -0.497 e. The number of ether oxygens (including phenoxy) is 1. The van der Waals surface area contributed by atoms with Crippen LogP contribution in [0, 0.1) is 6.92 Å². The van der Waals surface area contributed by atoms with Crippen molar-refractivity contribution in [1.29, 1.82) is 0 Å². The zero-order chi connectivity index (χ0) is 14.0. The quantitative estimate of drug-likeness (QED) is 0.602. The predicted octanol–water partition coefficient (Wildman–Crippen LogP) is 3.40. The van der Waals surface area contributed by atoms with Gasteiger partial charge in [0.1, 0.15) is 5.75 Å². The molecule has 1 aliphatic heterocycles. The van der Waals surface area contributed by atoms with Crippen molar-refractivity contribution in [1.82, 2.24) is 4.90 Å². The highest BCUT2D eigenvalue weighted by atomic mass is 127. The number of hydrogen-bond acceptors (Lipinski definition) is 2. The summed E-state index contributed by atoms with van der Waals surface area (Å²) in [4.78, 5) is 14.1. The molecular formula is C15H18INO2. The first-order valence-electron chi connectivity index (χ1n) is 6.39. The summed E-state index contributed by atoms with van der Waals surface area (Å²) >= 11 is 2.21. The van der Waals surface area contributed by atoms with E-state index in [9.17, 15) is 4.79 Å². The van der Waals surface area contributed by atoms with E-state index in [1.807, 2.05) is 36.9 Å². The SMILES string of the molecule is CCN1C(=O)C(I)CC=C1c1ccc(OC)cc1C. The fraction of sp³-hybridized carbons (Fsp3) is 0.400. The van der Waals surface area contributed by atoms with Crippen molar-refractivity contribution in [3.8, 4) is 5.75 Å². The zero-order valence-corrected chi connectivity index (χ0v) is 13.6. The van der Waals surface area contributed by atoms with Gasteiger partial charge in [-0.15, -0.1) is 0 Å². The van der Waals surface area contributed by atoms with E-state index in [0.29, 0.717) is 6.54 Å². The molecule has 1 aromatic carbocycles. The molecular weight excluding hydrogens is 353 g/mol. The molecule has 0 bridgehead atoms. The van der Waals surface area contributed by atoms with E-state index in [1.165, 1.54) is 0 Å². The molecule has 1 unspecified atom stereocenters. The average molecular weight is 371 g/mol. The number of halogens is 1. The number of carbonyl (C=O) groups excluding carboxylic acids is 1. The van der Waals surface area contributed by atoms with Crippen molar-refractivity contribution < 1.29 is 9.53 Å². The molecule has 0 aliphatic carbocycles. The van der Waals surface area contributed by atoms with Crippen molar-refractivity contribution in [2.75, 3.05) is 13.7 Å². The lowest BCUT2D eigenvalue weighted by atomic mass is 10.00. The highest BCUT2D eigenvalue weighted by molar-refractivity contribution is 14.1. The van der Waals surface area contributed by atoms with Gasteiger partial charge in [0.15, 0.2) is 0 Å². The molecule has 0 saturated carbocycles. The van der Waals surface area contributed by atoms with Gasteiger partial charge in [-0.1, -0.05) is 28.7 Å². The summed E-state index contributed by atoms with van der Waals surface area (Å²) in [6.07, 6.45) is 2.97. The minimum absolute atomic E-state index is 0.0554. The van der Waals surface area contributed by atoms with Crippen LogP contribution in [-0.2, 0) is 4.79 Å². The molecule has 1 aromatic rings. The summed E-state index contributed by atoms with van der Waals surface area (Å²) in [6, 6.07) is 5.98. The fourth-order valence-electron chi connectivity index (χ4n) is 2.35. The predicted molar refractivity (Wildman–Crippen MR) is 85.5 cm³/mol. The molecule has 0 spiro atoms. The summed E-state index contributed by atoms with van der Waals surface area (Å²) in [7, 11) is 1.66. The summed E-state index contributed by atoms with van der Waals surface area (Å²) in [5.41, 5.74) is 3.27. The van der Waals surface area contributed by atoms with Gasteiger partial charge >= 0.3 is 0 Å². The van der Waals surface area contributed by atoms with Gasteiger partial charge in [-0.2, -0.15) is 0 Å². The molecule has 4 heteroatoms. The van der Waals surface area contributed by atoms with Crippen LogP contribution in [0.5, 0.6) is 5.75 Å². The van der Waals surface area contributed by atoms with Gasteiger partial charge in [-0.3, -0.25) is 4.79 Å². The molecule has 3 nitrogen and oxygen atoms in total. The second-order valence-corrected chi connectivity index (χ2v) is 6.06. The summed E-state index contributed by atoms with van der Waals surface area (Å²) in [6.45, 7) is 4.77. The number of aryl methyl sites for hydroxylation is 1. The van der Waals surface area contributed by atoms with Crippen LogP contribution in [0.4, 0.5) is 0 Å². The van der Waals surface area contributed by atoms with Gasteiger partial charge in [0, 0.05) is 17.8 Å². The van der Waals surface area contributed by atoms with Crippen LogP contribution < -0.4 is 4.74 Å². The average Bonchev–Trinajstić information content (AvgIpc) is 2.42. The summed E-state index contributed by atoms with van der Waals surface area (Å²) in [5.74, 6) is 1.05. The molecule has 1 amide bonds. The van der Waals surface area contributed by atoms with Crippen molar-refractivity contribution in [3.05, 3.63) is 35.4 Å². The lowest BCUT2D eigenvalue weighted by Crippen LogP contribution is -2.38. The monoisotopic (exact) mass is 371 g/mol. The molecule has 0 fully saturated rings. The number of amides is 1. The van der Waals surface area contributed by atoms with Crippen LogP contribution in [-0.4, -0.2) is 28.4 Å². The van der Waals surface area contributed by atoms with Crippen LogP contribution in [0.25, 0.3) is 5.70 Å². The number of benzene rings is 1. The molecule has 102 valence electrons. The van der Waals surface area contributed by atoms with Gasteiger partial charge in [-0.05, 0) is 44.0 Å². The topological polar surface area (TPSA) is 29.5 Å². The first-order valence-corrected chi connectivity index (χ1v) is 7.63. The molecule has 19 heavy (non-hydrogen) atoms. The number of rotatable bonds is 3. The number of allylic oxidation sites excluding steroid dienone is 1. The second kappa shape index (κ2) is 5.94. The van der Waals surface area contributed by atoms with Gasteiger partial charge in [0.2, 0.25) is 5.91 Å². The van der Waals surface area contributed by atoms with E-state index in [2.05, 4.69) is 28.7 Å². The number of carbonyl (C=O) groups is 1. The van der Waals surface area contributed by atoms with E-state index in [1.54, 1.807) is 7.11 Å². The van der Waals surface area contributed by atoms with Gasteiger partial charge in [0.25, 0.3) is 0 Å². The highest BCUT2D eigenvalue weighted by Crippen LogP contribution is 2.31. The van der Waals surface area contributed by atoms with Gasteiger partial charge in [0.05, 0.1) is 11.0 Å². The number of methoxy groups -OCH3 is 1. The van der Waals surface area contributed by atoms with E-state index in [-0.39, 0.29) is 9.83 Å². The van der Waals surface area contributed by atoms with E-state index in [4.69, 9.17) is 4.74 Å². The van der Waals surface area contributed by atoms with Crippen molar-refractivity contribution in [3.63, 3.8) is 0 Å². The maximum Gasteiger partial charge on any atom is 0.240 e. The number of alkyl halides is 1.